The number of nitrogens with one attached hydrogen (secondary N) is 1. The number of fused-ring (bicyclic) bond motifs is 3. The summed E-state index contributed by atoms with van der Waals surface area (Å²) in [6, 6.07) is 16.7. The molecule has 5 rings (SSSR count). The van der Waals surface area contributed by atoms with Gasteiger partial charge in [-0.3, -0.25) is 9.59 Å². The van der Waals surface area contributed by atoms with E-state index in [0.29, 0.717) is 32.5 Å². The molecule has 0 saturated heterocycles. The second-order valence-electron chi connectivity index (χ2n) is 11.3. The highest BCUT2D eigenvalue weighted by Crippen LogP contribution is 2.29. The summed E-state index contributed by atoms with van der Waals surface area (Å²) in [4.78, 5) is 33.2. The third-order valence-corrected chi connectivity index (χ3v) is 7.04. The first-order valence-corrected chi connectivity index (χ1v) is 13.3. The van der Waals surface area contributed by atoms with E-state index in [9.17, 15) is 9.59 Å². The summed E-state index contributed by atoms with van der Waals surface area (Å²) in [5.74, 6) is 0.581. The fourth-order valence-corrected chi connectivity index (χ4v) is 5.10. The Morgan fingerprint density at radius 3 is 2.49 bits per heavy atom. The molecule has 1 aliphatic heterocycles. The van der Waals surface area contributed by atoms with Crippen LogP contribution < -0.4 is 10.1 Å². The van der Waals surface area contributed by atoms with Gasteiger partial charge in [-0.1, -0.05) is 63.2 Å². The first-order valence-electron chi connectivity index (χ1n) is 13.3. The standard InChI is InChI=1S/C31H35N5O3/c1-31(2,3)16-27(37)34-28(22-8-6-5-7-9-22)30(38)35-15-14-25-23(20-35)17-32-29-26(25)18-33-36(29)19-21-10-12-24(39-4)13-11-21/h5-13,17-18,28H,14-16,19-20H2,1-4H3,(H,34,37)/t28-/m0/s1. The summed E-state index contributed by atoms with van der Waals surface area (Å²) in [5.41, 5.74) is 4.74. The number of amides is 2. The van der Waals surface area contributed by atoms with Crippen molar-refractivity contribution in [3.05, 3.63) is 89.2 Å². The van der Waals surface area contributed by atoms with Gasteiger partial charge < -0.3 is 15.0 Å². The predicted molar refractivity (Wildman–Crippen MR) is 150 cm³/mol. The van der Waals surface area contributed by atoms with E-state index in [2.05, 4.69) is 10.4 Å². The Kier molecular flexibility index (Phi) is 7.37. The summed E-state index contributed by atoms with van der Waals surface area (Å²) >= 11 is 0. The lowest BCUT2D eigenvalue weighted by atomic mass is 9.91. The smallest absolute Gasteiger partial charge is 0.250 e. The van der Waals surface area contributed by atoms with E-state index in [1.807, 2.05) is 97.3 Å². The molecule has 8 nitrogen and oxygen atoms in total. The third kappa shape index (κ3) is 5.95. The molecular formula is C31H35N5O3. The lowest BCUT2D eigenvalue weighted by Gasteiger charge is -2.32. The third-order valence-electron chi connectivity index (χ3n) is 7.04. The quantitative estimate of drug-likeness (QED) is 0.379. The summed E-state index contributed by atoms with van der Waals surface area (Å²) in [7, 11) is 1.66. The Morgan fingerprint density at radius 1 is 1.05 bits per heavy atom. The second kappa shape index (κ2) is 10.9. The molecule has 0 spiro atoms. The number of ether oxygens (including phenoxy) is 1. The topological polar surface area (TPSA) is 89.3 Å². The van der Waals surface area contributed by atoms with Gasteiger partial charge in [-0.2, -0.15) is 5.10 Å². The van der Waals surface area contributed by atoms with Crippen LogP contribution in [-0.4, -0.2) is 45.1 Å². The predicted octanol–water partition coefficient (Wildman–Crippen LogP) is 4.67. The van der Waals surface area contributed by atoms with Crippen molar-refractivity contribution < 1.29 is 14.3 Å². The number of aromatic nitrogens is 3. The van der Waals surface area contributed by atoms with Crippen molar-refractivity contribution in [2.75, 3.05) is 13.7 Å². The molecule has 202 valence electrons. The Labute approximate surface area is 229 Å². The zero-order chi connectivity index (χ0) is 27.6. The van der Waals surface area contributed by atoms with Crippen molar-refractivity contribution >= 4 is 22.8 Å². The maximum Gasteiger partial charge on any atom is 0.250 e. The number of methoxy groups -OCH3 is 1. The molecule has 4 aromatic rings. The Morgan fingerprint density at radius 2 is 1.79 bits per heavy atom. The van der Waals surface area contributed by atoms with E-state index in [1.54, 1.807) is 7.11 Å². The summed E-state index contributed by atoms with van der Waals surface area (Å²) in [6.45, 7) is 7.66. The van der Waals surface area contributed by atoms with E-state index in [4.69, 9.17) is 9.72 Å². The molecular weight excluding hydrogens is 490 g/mol. The van der Waals surface area contributed by atoms with Gasteiger partial charge in [0.05, 0.1) is 19.9 Å². The van der Waals surface area contributed by atoms with Crippen molar-refractivity contribution in [1.82, 2.24) is 25.0 Å². The van der Waals surface area contributed by atoms with Crippen molar-refractivity contribution in [3.8, 4) is 5.75 Å². The molecule has 8 heteroatoms. The van der Waals surface area contributed by atoms with Gasteiger partial charge in [0.15, 0.2) is 5.65 Å². The molecule has 3 heterocycles. The van der Waals surface area contributed by atoms with Gasteiger partial charge >= 0.3 is 0 Å². The van der Waals surface area contributed by atoms with Gasteiger partial charge in [-0.05, 0) is 46.2 Å². The van der Waals surface area contributed by atoms with E-state index in [1.165, 1.54) is 5.56 Å². The SMILES string of the molecule is COc1ccc(Cn2ncc3c4c(cnc32)CN(C(=O)[C@@H](NC(=O)CC(C)(C)C)c2ccccc2)CC4)cc1. The molecule has 39 heavy (non-hydrogen) atoms. The van der Waals surface area contributed by atoms with E-state index in [-0.39, 0.29) is 17.2 Å². The van der Waals surface area contributed by atoms with Gasteiger partial charge in [0, 0.05) is 31.1 Å². The normalized spacial score (nSPS) is 14.1. The zero-order valence-electron chi connectivity index (χ0n) is 23.0. The maximum atomic E-state index is 13.8. The zero-order valence-corrected chi connectivity index (χ0v) is 23.0. The van der Waals surface area contributed by atoms with Crippen LogP contribution in [0.15, 0.2) is 67.0 Å². The molecule has 0 radical (unpaired) electrons. The van der Waals surface area contributed by atoms with Gasteiger partial charge in [0.1, 0.15) is 11.8 Å². The highest BCUT2D eigenvalue weighted by molar-refractivity contribution is 5.89. The molecule has 2 aromatic carbocycles. The molecule has 0 bridgehead atoms. The number of hydrogen-bond acceptors (Lipinski definition) is 5. The molecule has 1 N–H and O–H groups in total. The number of rotatable bonds is 7. The van der Waals surface area contributed by atoms with Crippen molar-refractivity contribution in [1.29, 1.82) is 0 Å². The summed E-state index contributed by atoms with van der Waals surface area (Å²) in [5, 5.41) is 8.65. The molecule has 2 aromatic heterocycles. The minimum atomic E-state index is -0.730. The van der Waals surface area contributed by atoms with Crippen molar-refractivity contribution in [2.24, 2.45) is 5.41 Å². The minimum Gasteiger partial charge on any atom is -0.497 e. The largest absolute Gasteiger partial charge is 0.497 e. The van der Waals surface area contributed by atoms with Crippen LogP contribution in [0.2, 0.25) is 0 Å². The fourth-order valence-electron chi connectivity index (χ4n) is 5.10. The molecule has 0 fully saturated rings. The number of pyridine rings is 1. The number of carbonyl (C=O) groups is 2. The Balaban J connectivity index is 1.35. The van der Waals surface area contributed by atoms with E-state index >= 15 is 0 Å². The number of hydrogen-bond donors (Lipinski definition) is 1. The molecule has 0 aliphatic carbocycles. The van der Waals surface area contributed by atoms with Crippen LogP contribution in [-0.2, 0) is 29.1 Å². The van der Waals surface area contributed by atoms with Gasteiger partial charge in [-0.15, -0.1) is 0 Å². The van der Waals surface area contributed by atoms with Crippen LogP contribution in [0.1, 0.15) is 55.5 Å². The highest BCUT2D eigenvalue weighted by atomic mass is 16.5. The van der Waals surface area contributed by atoms with Crippen molar-refractivity contribution in [3.63, 3.8) is 0 Å². The van der Waals surface area contributed by atoms with E-state index < -0.39 is 6.04 Å². The van der Waals surface area contributed by atoms with Crippen LogP contribution in [0.5, 0.6) is 5.75 Å². The lowest BCUT2D eigenvalue weighted by molar-refractivity contribution is -0.137. The summed E-state index contributed by atoms with van der Waals surface area (Å²) < 4.78 is 7.16. The number of carbonyl (C=O) groups excluding carboxylic acids is 2. The second-order valence-corrected chi connectivity index (χ2v) is 11.3. The molecule has 2 amide bonds. The first-order chi connectivity index (χ1) is 18.7. The Bertz CT molecular complexity index is 1470. The van der Waals surface area contributed by atoms with E-state index in [0.717, 1.165) is 33.5 Å². The Hall–Kier alpha value is -4.20. The maximum absolute atomic E-state index is 13.8. The number of nitrogens with zero attached hydrogens (tertiary/aromatic N) is 4. The van der Waals surface area contributed by atoms with Crippen LogP contribution in [0.3, 0.4) is 0 Å². The lowest BCUT2D eigenvalue weighted by Crippen LogP contribution is -2.45. The van der Waals surface area contributed by atoms with Crippen LogP contribution in [0.4, 0.5) is 0 Å². The van der Waals surface area contributed by atoms with Crippen molar-refractivity contribution in [2.45, 2.75) is 52.7 Å². The monoisotopic (exact) mass is 525 g/mol. The average molecular weight is 526 g/mol. The van der Waals surface area contributed by atoms with Gasteiger partial charge in [0.2, 0.25) is 11.8 Å². The molecule has 1 atom stereocenters. The molecule has 1 aliphatic rings. The molecule has 0 saturated carbocycles. The summed E-state index contributed by atoms with van der Waals surface area (Å²) in [6.07, 6.45) is 4.78. The van der Waals surface area contributed by atoms with Gasteiger partial charge in [-0.25, -0.2) is 9.67 Å². The highest BCUT2D eigenvalue weighted by Gasteiger charge is 2.31. The molecule has 0 unspecified atom stereocenters. The van der Waals surface area contributed by atoms with Gasteiger partial charge in [0.25, 0.3) is 0 Å². The number of benzene rings is 2. The fraction of sp³-hybridized carbons (Fsp3) is 0.355. The minimum absolute atomic E-state index is 0.107. The average Bonchev–Trinajstić information content (AvgIpc) is 3.34. The first kappa shape index (κ1) is 26.4. The van der Waals surface area contributed by atoms with Crippen LogP contribution in [0.25, 0.3) is 11.0 Å². The van der Waals surface area contributed by atoms with Crippen LogP contribution >= 0.6 is 0 Å². The van der Waals surface area contributed by atoms with Crippen LogP contribution in [0, 0.1) is 5.41 Å².